The fourth-order valence-corrected chi connectivity index (χ4v) is 5.74. The molecule has 2 amide bonds. The number of anilines is 1. The highest BCUT2D eigenvalue weighted by Crippen LogP contribution is 2.26. The van der Waals surface area contributed by atoms with Crippen molar-refractivity contribution in [1.82, 2.24) is 10.2 Å². The molecule has 0 aromatic heterocycles. The van der Waals surface area contributed by atoms with Crippen LogP contribution >= 0.6 is 15.9 Å². The Kier molecular flexibility index (Phi) is 10.5. The van der Waals surface area contributed by atoms with E-state index in [0.29, 0.717) is 11.4 Å². The molecule has 1 N–H and O–H groups in total. The minimum atomic E-state index is -4.13. The van der Waals surface area contributed by atoms with Crippen LogP contribution in [0.15, 0.2) is 88.2 Å². The maximum Gasteiger partial charge on any atom is 0.264 e. The van der Waals surface area contributed by atoms with E-state index in [1.165, 1.54) is 24.1 Å². The number of hydrogen-bond donors (Lipinski definition) is 1. The van der Waals surface area contributed by atoms with Gasteiger partial charge in [-0.15, -0.1) is 0 Å². The molecule has 8 nitrogen and oxygen atoms in total. The lowest BCUT2D eigenvalue weighted by molar-refractivity contribution is -0.139. The summed E-state index contributed by atoms with van der Waals surface area (Å²) in [5.41, 5.74) is 1.13. The number of para-hydroxylation sites is 1. The zero-order valence-electron chi connectivity index (χ0n) is 22.5. The first-order chi connectivity index (χ1) is 18.6. The number of amides is 2. The van der Waals surface area contributed by atoms with Crippen LogP contribution in [0.25, 0.3) is 0 Å². The van der Waals surface area contributed by atoms with Gasteiger partial charge in [0.15, 0.2) is 0 Å². The molecule has 0 saturated carbocycles. The largest absolute Gasteiger partial charge is 0.497 e. The van der Waals surface area contributed by atoms with E-state index in [1.807, 2.05) is 38.1 Å². The maximum absolute atomic E-state index is 13.9. The highest BCUT2D eigenvalue weighted by atomic mass is 79.9. The number of nitrogens with zero attached hydrogens (tertiary/aromatic N) is 2. The molecule has 3 aromatic rings. The molecule has 0 bridgehead atoms. The summed E-state index contributed by atoms with van der Waals surface area (Å²) in [6.07, 6.45) is 0.736. The van der Waals surface area contributed by atoms with Crippen molar-refractivity contribution in [2.45, 2.75) is 50.7 Å². The Morgan fingerprint density at radius 1 is 0.974 bits per heavy atom. The van der Waals surface area contributed by atoms with Gasteiger partial charge < -0.3 is 15.0 Å². The Hall–Kier alpha value is -3.37. The predicted molar refractivity (Wildman–Crippen MR) is 156 cm³/mol. The first-order valence-corrected chi connectivity index (χ1v) is 14.9. The van der Waals surface area contributed by atoms with Crippen LogP contribution < -0.4 is 14.4 Å². The monoisotopic (exact) mass is 615 g/mol. The van der Waals surface area contributed by atoms with Crippen LogP contribution in [0.3, 0.4) is 0 Å². The van der Waals surface area contributed by atoms with Gasteiger partial charge in [-0.25, -0.2) is 8.42 Å². The molecule has 0 aliphatic heterocycles. The van der Waals surface area contributed by atoms with E-state index in [0.717, 1.165) is 20.8 Å². The van der Waals surface area contributed by atoms with Gasteiger partial charge in [0.25, 0.3) is 10.0 Å². The Morgan fingerprint density at radius 2 is 1.64 bits per heavy atom. The van der Waals surface area contributed by atoms with Gasteiger partial charge in [0.1, 0.15) is 18.3 Å². The highest BCUT2D eigenvalue weighted by molar-refractivity contribution is 9.10. The van der Waals surface area contributed by atoms with Crippen molar-refractivity contribution in [2.24, 2.45) is 0 Å². The van der Waals surface area contributed by atoms with Crippen LogP contribution in [-0.4, -0.2) is 50.9 Å². The van der Waals surface area contributed by atoms with E-state index in [9.17, 15) is 18.0 Å². The number of carbonyl (C=O) groups excluding carboxylic acids is 2. The molecular weight excluding hydrogens is 582 g/mol. The lowest BCUT2D eigenvalue weighted by Crippen LogP contribution is -2.52. The summed E-state index contributed by atoms with van der Waals surface area (Å²) in [4.78, 5) is 28.4. The van der Waals surface area contributed by atoms with Crippen LogP contribution in [0.2, 0.25) is 0 Å². The minimum absolute atomic E-state index is 0.0149. The third-order valence-corrected chi connectivity index (χ3v) is 8.66. The first kappa shape index (κ1) is 30.2. The van der Waals surface area contributed by atoms with Crippen LogP contribution in [0.1, 0.15) is 32.8 Å². The fourth-order valence-electron chi connectivity index (χ4n) is 3.88. The molecule has 0 heterocycles. The number of sulfonamides is 1. The van der Waals surface area contributed by atoms with E-state index < -0.39 is 28.5 Å². The van der Waals surface area contributed by atoms with Gasteiger partial charge in [-0.05, 0) is 74.4 Å². The van der Waals surface area contributed by atoms with E-state index in [4.69, 9.17) is 4.74 Å². The van der Waals surface area contributed by atoms with Gasteiger partial charge >= 0.3 is 0 Å². The van der Waals surface area contributed by atoms with Gasteiger partial charge in [0.05, 0.1) is 17.7 Å². The predicted octanol–water partition coefficient (Wildman–Crippen LogP) is 4.99. The van der Waals surface area contributed by atoms with Crippen molar-refractivity contribution in [3.8, 4) is 5.75 Å². The lowest BCUT2D eigenvalue weighted by Gasteiger charge is -2.32. The zero-order chi connectivity index (χ0) is 28.6. The normalized spacial score (nSPS) is 12.7. The molecule has 0 radical (unpaired) electrons. The molecule has 2 atom stereocenters. The van der Waals surface area contributed by atoms with E-state index in [-0.39, 0.29) is 23.4 Å². The van der Waals surface area contributed by atoms with Crippen molar-refractivity contribution in [3.05, 3.63) is 88.9 Å². The van der Waals surface area contributed by atoms with Crippen LogP contribution in [0.4, 0.5) is 5.69 Å². The molecule has 10 heteroatoms. The fraction of sp³-hybridized carbons (Fsp3) is 0.310. The molecule has 0 aliphatic rings. The second-order valence-corrected chi connectivity index (χ2v) is 11.9. The summed E-state index contributed by atoms with van der Waals surface area (Å²) in [7, 11) is -2.64. The number of nitrogens with one attached hydrogen (secondary N) is 1. The SMILES string of the molecule is CCC(C)NC(=O)C(C)N(Cc1cccc(Br)c1)C(=O)CN(c1ccccc1)S(=O)(=O)c1ccc(OC)cc1. The standard InChI is InChI=1S/C29H34BrN3O5S/c1-5-21(2)31-29(35)22(3)32(19-23-10-9-11-24(30)18-23)28(34)20-33(25-12-7-6-8-13-25)39(36,37)27-16-14-26(38-4)15-17-27/h6-18,21-22H,5,19-20H2,1-4H3,(H,31,35). The summed E-state index contributed by atoms with van der Waals surface area (Å²) in [6.45, 7) is 5.13. The number of methoxy groups -OCH3 is 1. The molecule has 0 aliphatic carbocycles. The molecule has 208 valence electrons. The number of rotatable bonds is 12. The van der Waals surface area contributed by atoms with Crippen molar-refractivity contribution < 1.29 is 22.7 Å². The third kappa shape index (κ3) is 7.83. The van der Waals surface area contributed by atoms with Crippen molar-refractivity contribution >= 4 is 43.5 Å². The summed E-state index contributed by atoms with van der Waals surface area (Å²) in [5.74, 6) is -0.308. The Bertz CT molecular complexity index is 1370. The van der Waals surface area contributed by atoms with Crippen LogP contribution in [-0.2, 0) is 26.2 Å². The van der Waals surface area contributed by atoms with E-state index >= 15 is 0 Å². The average molecular weight is 617 g/mol. The Balaban J connectivity index is 2.00. The highest BCUT2D eigenvalue weighted by Gasteiger charge is 2.32. The van der Waals surface area contributed by atoms with Crippen molar-refractivity contribution in [1.29, 1.82) is 0 Å². The average Bonchev–Trinajstić information content (AvgIpc) is 2.94. The van der Waals surface area contributed by atoms with Crippen molar-refractivity contribution in [3.63, 3.8) is 0 Å². The Labute approximate surface area is 239 Å². The Morgan fingerprint density at radius 3 is 2.23 bits per heavy atom. The van der Waals surface area contributed by atoms with Gasteiger partial charge in [0.2, 0.25) is 11.8 Å². The number of benzene rings is 3. The molecule has 3 aromatic carbocycles. The summed E-state index contributed by atoms with van der Waals surface area (Å²) in [5, 5.41) is 2.93. The molecule has 0 saturated heterocycles. The number of carbonyl (C=O) groups is 2. The van der Waals surface area contributed by atoms with E-state index in [2.05, 4.69) is 21.2 Å². The summed E-state index contributed by atoms with van der Waals surface area (Å²) < 4.78 is 34.7. The van der Waals surface area contributed by atoms with Crippen LogP contribution in [0.5, 0.6) is 5.75 Å². The summed E-state index contributed by atoms with van der Waals surface area (Å²) in [6, 6.07) is 21.0. The number of halogens is 1. The number of ether oxygens (including phenoxy) is 1. The third-order valence-electron chi connectivity index (χ3n) is 6.38. The van der Waals surface area contributed by atoms with Crippen LogP contribution in [0, 0.1) is 0 Å². The van der Waals surface area contributed by atoms with Gasteiger partial charge in [0, 0.05) is 17.1 Å². The van der Waals surface area contributed by atoms with Crippen molar-refractivity contribution in [2.75, 3.05) is 18.0 Å². The second-order valence-electron chi connectivity index (χ2n) is 9.17. The maximum atomic E-state index is 13.9. The molecule has 39 heavy (non-hydrogen) atoms. The van der Waals surface area contributed by atoms with Gasteiger partial charge in [-0.1, -0.05) is 53.2 Å². The van der Waals surface area contributed by atoms with Gasteiger partial charge in [-0.3, -0.25) is 13.9 Å². The van der Waals surface area contributed by atoms with E-state index in [1.54, 1.807) is 49.4 Å². The quantitative estimate of drug-likeness (QED) is 0.310. The molecule has 3 rings (SSSR count). The minimum Gasteiger partial charge on any atom is -0.497 e. The molecule has 0 spiro atoms. The first-order valence-electron chi connectivity index (χ1n) is 12.6. The molecule has 2 unspecified atom stereocenters. The number of hydrogen-bond acceptors (Lipinski definition) is 5. The molecular formula is C29H34BrN3O5S. The summed E-state index contributed by atoms with van der Waals surface area (Å²) >= 11 is 3.45. The topological polar surface area (TPSA) is 96.0 Å². The second kappa shape index (κ2) is 13.6. The zero-order valence-corrected chi connectivity index (χ0v) is 24.9. The van der Waals surface area contributed by atoms with Gasteiger partial charge in [-0.2, -0.15) is 0 Å². The smallest absolute Gasteiger partial charge is 0.264 e. The lowest BCUT2D eigenvalue weighted by atomic mass is 10.1. The molecule has 0 fully saturated rings.